The van der Waals surface area contributed by atoms with Gasteiger partial charge in [-0.15, -0.1) is 0 Å². The van der Waals surface area contributed by atoms with Crippen LogP contribution >= 0.6 is 23.2 Å². The number of benzene rings is 1. The van der Waals surface area contributed by atoms with Crippen LogP contribution in [0, 0.1) is 5.92 Å². The van der Waals surface area contributed by atoms with Crippen LogP contribution in [0.3, 0.4) is 0 Å². The summed E-state index contributed by atoms with van der Waals surface area (Å²) in [5.41, 5.74) is 0.422. The van der Waals surface area contributed by atoms with Crippen molar-refractivity contribution in [3.8, 4) is 0 Å². The molecule has 22 heavy (non-hydrogen) atoms. The summed E-state index contributed by atoms with van der Waals surface area (Å²) in [6.07, 6.45) is -1.78. The first-order valence-corrected chi connectivity index (χ1v) is 8.65. The first-order valence-electron chi connectivity index (χ1n) is 6.42. The lowest BCUT2D eigenvalue weighted by Crippen LogP contribution is -2.35. The number of hydrogen-bond donors (Lipinski definition) is 1. The maximum Gasteiger partial charge on any atom is 0.333 e. The van der Waals surface area contributed by atoms with Gasteiger partial charge in [-0.1, -0.05) is 43.1 Å². The highest BCUT2D eigenvalue weighted by Gasteiger charge is 2.34. The van der Waals surface area contributed by atoms with Gasteiger partial charge in [0.15, 0.2) is 0 Å². The maximum absolute atomic E-state index is 11.3. The van der Waals surface area contributed by atoms with Crippen molar-refractivity contribution in [1.82, 2.24) is 0 Å². The third-order valence-electron chi connectivity index (χ3n) is 2.85. The molecule has 0 saturated carbocycles. The molecule has 126 valence electrons. The van der Waals surface area contributed by atoms with Gasteiger partial charge < -0.3 is 9.47 Å². The number of ether oxygens (including phenoxy) is 2. The van der Waals surface area contributed by atoms with Crippen molar-refractivity contribution in [1.29, 1.82) is 0 Å². The average molecular weight is 372 g/mol. The van der Waals surface area contributed by atoms with E-state index in [0.717, 1.165) is 0 Å². The molecule has 0 amide bonds. The highest BCUT2D eigenvalue weighted by atomic mass is 35.5. The minimum absolute atomic E-state index is 0.0938. The standard InChI is InChI=1S/C13H19Cl2NO5S/c1-8(2)12(21-22(16,17)18)13(20-7-19-3)11-9(14)5-4-6-10(11)15/h4-6,8,12-13H,7H2,1-3H3,(H2,16,17,18)/t12-,13-/m0/s1. The highest BCUT2D eigenvalue weighted by Crippen LogP contribution is 2.37. The Hall–Kier alpha value is -0.410. The summed E-state index contributed by atoms with van der Waals surface area (Å²) >= 11 is 12.4. The first kappa shape index (κ1) is 19.6. The second kappa shape index (κ2) is 8.44. The van der Waals surface area contributed by atoms with E-state index in [1.165, 1.54) is 7.11 Å². The van der Waals surface area contributed by atoms with Crippen molar-refractivity contribution in [3.63, 3.8) is 0 Å². The van der Waals surface area contributed by atoms with Crippen LogP contribution in [0.2, 0.25) is 10.0 Å². The monoisotopic (exact) mass is 371 g/mol. The fourth-order valence-corrected chi connectivity index (χ4v) is 3.18. The lowest BCUT2D eigenvalue weighted by Gasteiger charge is -2.30. The molecular formula is C13H19Cl2NO5S. The van der Waals surface area contributed by atoms with Gasteiger partial charge >= 0.3 is 10.3 Å². The summed E-state index contributed by atoms with van der Waals surface area (Å²) in [6, 6.07) is 4.92. The third kappa shape index (κ3) is 5.66. The molecule has 0 aliphatic rings. The van der Waals surface area contributed by atoms with Gasteiger partial charge in [0.2, 0.25) is 0 Å². The summed E-state index contributed by atoms with van der Waals surface area (Å²) in [6.45, 7) is 3.44. The van der Waals surface area contributed by atoms with E-state index in [1.54, 1.807) is 32.0 Å². The van der Waals surface area contributed by atoms with Gasteiger partial charge in [0.25, 0.3) is 0 Å². The van der Waals surface area contributed by atoms with E-state index in [-0.39, 0.29) is 12.7 Å². The molecular weight excluding hydrogens is 353 g/mol. The molecule has 1 rings (SSSR count). The summed E-state index contributed by atoms with van der Waals surface area (Å²) in [7, 11) is -2.74. The Morgan fingerprint density at radius 3 is 2.18 bits per heavy atom. The lowest BCUT2D eigenvalue weighted by molar-refractivity contribution is -0.116. The Morgan fingerprint density at radius 2 is 1.77 bits per heavy atom. The molecule has 0 unspecified atom stereocenters. The summed E-state index contributed by atoms with van der Waals surface area (Å²) < 4.78 is 38.1. The minimum atomic E-state index is -4.18. The van der Waals surface area contributed by atoms with E-state index >= 15 is 0 Å². The predicted octanol–water partition coefficient (Wildman–Crippen LogP) is 2.90. The fraction of sp³-hybridized carbons (Fsp3) is 0.538. The van der Waals surface area contributed by atoms with E-state index in [0.29, 0.717) is 15.6 Å². The van der Waals surface area contributed by atoms with Crippen molar-refractivity contribution < 1.29 is 22.1 Å². The molecule has 0 heterocycles. The predicted molar refractivity (Wildman–Crippen MR) is 85.0 cm³/mol. The Bertz CT molecular complexity index is 574. The van der Waals surface area contributed by atoms with Crippen LogP contribution in [0.5, 0.6) is 0 Å². The topological polar surface area (TPSA) is 87.8 Å². The number of methoxy groups -OCH3 is 1. The molecule has 1 aromatic carbocycles. The van der Waals surface area contributed by atoms with Crippen molar-refractivity contribution in [2.45, 2.75) is 26.1 Å². The fourth-order valence-electron chi connectivity index (χ4n) is 1.93. The van der Waals surface area contributed by atoms with E-state index in [1.807, 2.05) is 0 Å². The molecule has 9 heteroatoms. The molecule has 2 N–H and O–H groups in total. The Kier molecular flexibility index (Phi) is 7.54. The molecule has 0 saturated heterocycles. The highest BCUT2D eigenvalue weighted by molar-refractivity contribution is 7.84. The molecule has 2 atom stereocenters. The SMILES string of the molecule is COCO[C@@H](c1c(Cl)cccc1Cl)[C@@H](OS(N)(=O)=O)C(C)C. The quantitative estimate of drug-likeness (QED) is 0.709. The zero-order valence-electron chi connectivity index (χ0n) is 12.5. The Morgan fingerprint density at radius 1 is 1.23 bits per heavy atom. The average Bonchev–Trinajstić information content (AvgIpc) is 2.38. The van der Waals surface area contributed by atoms with Gasteiger partial charge in [0, 0.05) is 22.7 Å². The van der Waals surface area contributed by atoms with Gasteiger partial charge in [-0.05, 0) is 18.1 Å². The first-order chi connectivity index (χ1) is 10.2. The van der Waals surface area contributed by atoms with Crippen molar-refractivity contribution in [2.24, 2.45) is 11.1 Å². The van der Waals surface area contributed by atoms with Crippen molar-refractivity contribution in [3.05, 3.63) is 33.8 Å². The van der Waals surface area contributed by atoms with Crippen LogP contribution in [0.1, 0.15) is 25.5 Å². The molecule has 0 spiro atoms. The minimum Gasteiger partial charge on any atom is -0.359 e. The third-order valence-corrected chi connectivity index (χ3v) is 4.00. The molecule has 0 fully saturated rings. The summed E-state index contributed by atoms with van der Waals surface area (Å²) in [5.74, 6) is -0.243. The smallest absolute Gasteiger partial charge is 0.333 e. The molecule has 0 aliphatic heterocycles. The van der Waals surface area contributed by atoms with Gasteiger partial charge in [0.05, 0.1) is 0 Å². The molecule has 0 radical (unpaired) electrons. The summed E-state index contributed by atoms with van der Waals surface area (Å²) in [4.78, 5) is 0. The van der Waals surface area contributed by atoms with Crippen LogP contribution in [0.4, 0.5) is 0 Å². The zero-order chi connectivity index (χ0) is 16.9. The van der Waals surface area contributed by atoms with Gasteiger partial charge in [-0.2, -0.15) is 8.42 Å². The van der Waals surface area contributed by atoms with Crippen LogP contribution in [0.15, 0.2) is 18.2 Å². The largest absolute Gasteiger partial charge is 0.359 e. The second-order valence-corrected chi connectivity index (χ2v) is 6.92. The van der Waals surface area contributed by atoms with E-state index < -0.39 is 22.5 Å². The number of hydrogen-bond acceptors (Lipinski definition) is 5. The van der Waals surface area contributed by atoms with Crippen LogP contribution in [-0.4, -0.2) is 28.4 Å². The summed E-state index contributed by atoms with van der Waals surface area (Å²) in [5, 5.41) is 5.65. The van der Waals surface area contributed by atoms with Crippen molar-refractivity contribution >= 4 is 33.5 Å². The van der Waals surface area contributed by atoms with Crippen LogP contribution in [0.25, 0.3) is 0 Å². The number of nitrogens with two attached hydrogens (primary N) is 1. The number of rotatable bonds is 8. The Balaban J connectivity index is 3.30. The van der Waals surface area contributed by atoms with E-state index in [9.17, 15) is 8.42 Å². The van der Waals surface area contributed by atoms with E-state index in [4.69, 9.17) is 42.0 Å². The van der Waals surface area contributed by atoms with Crippen LogP contribution < -0.4 is 5.14 Å². The number of halogens is 2. The normalized spacial score (nSPS) is 15.0. The van der Waals surface area contributed by atoms with Gasteiger partial charge in [0.1, 0.15) is 19.0 Å². The molecule has 1 aromatic rings. The second-order valence-electron chi connectivity index (χ2n) is 4.93. The molecule has 0 aromatic heterocycles. The van der Waals surface area contributed by atoms with E-state index in [2.05, 4.69) is 0 Å². The van der Waals surface area contributed by atoms with Gasteiger partial charge in [-0.25, -0.2) is 5.14 Å². The van der Waals surface area contributed by atoms with Gasteiger partial charge in [-0.3, -0.25) is 4.18 Å². The van der Waals surface area contributed by atoms with Crippen LogP contribution in [-0.2, 0) is 24.0 Å². The molecule has 6 nitrogen and oxygen atoms in total. The maximum atomic E-state index is 11.3. The Labute approximate surface area is 140 Å². The molecule has 0 bridgehead atoms. The van der Waals surface area contributed by atoms with Crippen molar-refractivity contribution in [2.75, 3.05) is 13.9 Å². The molecule has 0 aliphatic carbocycles. The zero-order valence-corrected chi connectivity index (χ0v) is 14.8. The lowest BCUT2D eigenvalue weighted by atomic mass is 9.96.